The highest BCUT2D eigenvalue weighted by Gasteiger charge is 2.33. The number of carbonyl (C=O) groups is 1. The molecule has 0 aromatic heterocycles. The summed E-state index contributed by atoms with van der Waals surface area (Å²) in [6.45, 7) is 0.926. The number of halogens is 2. The molecule has 1 saturated heterocycles. The molecule has 8 heteroatoms. The van der Waals surface area contributed by atoms with Crippen LogP contribution in [0.5, 0.6) is 0 Å². The molecule has 0 saturated carbocycles. The zero-order valence-electron chi connectivity index (χ0n) is 16.0. The van der Waals surface area contributed by atoms with Gasteiger partial charge in [0.25, 0.3) is 0 Å². The molecule has 1 aliphatic heterocycles. The van der Waals surface area contributed by atoms with E-state index in [0.717, 1.165) is 24.1 Å². The van der Waals surface area contributed by atoms with Gasteiger partial charge in [-0.15, -0.1) is 0 Å². The van der Waals surface area contributed by atoms with E-state index in [-0.39, 0.29) is 23.2 Å². The fraction of sp³-hybridized carbons (Fsp3) is 0.381. The molecule has 2 aromatic rings. The summed E-state index contributed by atoms with van der Waals surface area (Å²) in [6.07, 6.45) is 2.64. The van der Waals surface area contributed by atoms with Gasteiger partial charge in [0, 0.05) is 19.6 Å². The molecule has 5 nitrogen and oxygen atoms in total. The van der Waals surface area contributed by atoms with Gasteiger partial charge in [0.2, 0.25) is 15.9 Å². The van der Waals surface area contributed by atoms with Gasteiger partial charge in [0.05, 0.1) is 10.8 Å². The predicted octanol–water partition coefficient (Wildman–Crippen LogP) is 3.11. The highest BCUT2D eigenvalue weighted by atomic mass is 32.2. The maximum atomic E-state index is 13.1. The van der Waals surface area contributed by atoms with E-state index >= 15 is 0 Å². The van der Waals surface area contributed by atoms with Crippen molar-refractivity contribution in [2.45, 2.75) is 30.6 Å². The molecule has 1 amide bonds. The Labute approximate surface area is 169 Å². The van der Waals surface area contributed by atoms with Crippen LogP contribution in [0.1, 0.15) is 24.8 Å². The fourth-order valence-corrected chi connectivity index (χ4v) is 4.95. The molecular weight excluding hydrogens is 398 g/mol. The monoisotopic (exact) mass is 422 g/mol. The number of carbonyl (C=O) groups excluding carboxylic acids is 1. The summed E-state index contributed by atoms with van der Waals surface area (Å²) in [6, 6.07) is 11.0. The second-order valence-electron chi connectivity index (χ2n) is 7.18. The van der Waals surface area contributed by atoms with Gasteiger partial charge in [0.15, 0.2) is 0 Å². The lowest BCUT2D eigenvalue weighted by Gasteiger charge is -2.31. The molecule has 0 bridgehead atoms. The molecule has 1 atom stereocenters. The molecule has 1 fully saturated rings. The van der Waals surface area contributed by atoms with Crippen molar-refractivity contribution in [2.24, 2.45) is 5.92 Å². The number of rotatable bonds is 7. The molecule has 156 valence electrons. The Morgan fingerprint density at radius 2 is 1.66 bits per heavy atom. The SMILES string of the molecule is O=C(NCCCc1ccc(F)cc1)[C@H]1CCCN(S(=O)(=O)c2ccc(F)cc2)C1. The molecule has 0 unspecified atom stereocenters. The zero-order chi connectivity index (χ0) is 20.9. The van der Waals surface area contributed by atoms with Crippen LogP contribution in [0, 0.1) is 17.6 Å². The van der Waals surface area contributed by atoms with Crippen LogP contribution < -0.4 is 5.32 Å². The third kappa shape index (κ3) is 5.61. The van der Waals surface area contributed by atoms with Gasteiger partial charge >= 0.3 is 0 Å². The van der Waals surface area contributed by atoms with Crippen molar-refractivity contribution >= 4 is 15.9 Å². The lowest BCUT2D eigenvalue weighted by Crippen LogP contribution is -2.45. The molecule has 0 aliphatic carbocycles. The van der Waals surface area contributed by atoms with Crippen LogP contribution in [-0.2, 0) is 21.2 Å². The van der Waals surface area contributed by atoms with Crippen molar-refractivity contribution in [2.75, 3.05) is 19.6 Å². The van der Waals surface area contributed by atoms with E-state index in [9.17, 15) is 22.0 Å². The summed E-state index contributed by atoms with van der Waals surface area (Å²) in [4.78, 5) is 12.5. The lowest BCUT2D eigenvalue weighted by atomic mass is 9.99. The minimum Gasteiger partial charge on any atom is -0.356 e. The van der Waals surface area contributed by atoms with E-state index in [1.165, 1.54) is 28.6 Å². The van der Waals surface area contributed by atoms with Crippen LogP contribution in [0.2, 0.25) is 0 Å². The first-order valence-electron chi connectivity index (χ1n) is 9.64. The van der Waals surface area contributed by atoms with Crippen LogP contribution in [0.3, 0.4) is 0 Å². The Hall–Kier alpha value is -2.32. The Morgan fingerprint density at radius 3 is 2.31 bits per heavy atom. The third-order valence-electron chi connectivity index (χ3n) is 5.06. The molecule has 29 heavy (non-hydrogen) atoms. The van der Waals surface area contributed by atoms with Crippen molar-refractivity contribution in [3.8, 4) is 0 Å². The third-order valence-corrected chi connectivity index (χ3v) is 6.94. The Bertz CT molecular complexity index is 931. The minimum atomic E-state index is -3.75. The topological polar surface area (TPSA) is 66.5 Å². The average molecular weight is 422 g/mol. The number of hydrogen-bond donors (Lipinski definition) is 1. The first-order valence-corrected chi connectivity index (χ1v) is 11.1. The van der Waals surface area contributed by atoms with Gasteiger partial charge in [-0.2, -0.15) is 4.31 Å². The number of hydrogen-bond acceptors (Lipinski definition) is 3. The highest BCUT2D eigenvalue weighted by molar-refractivity contribution is 7.89. The first-order chi connectivity index (χ1) is 13.9. The minimum absolute atomic E-state index is 0.0271. The van der Waals surface area contributed by atoms with Crippen molar-refractivity contribution in [1.82, 2.24) is 9.62 Å². The molecule has 3 rings (SSSR count). The first kappa shape index (κ1) is 21.4. The highest BCUT2D eigenvalue weighted by Crippen LogP contribution is 2.24. The van der Waals surface area contributed by atoms with Gasteiger partial charge in [-0.25, -0.2) is 17.2 Å². The van der Waals surface area contributed by atoms with Gasteiger partial charge in [0.1, 0.15) is 11.6 Å². The Balaban J connectivity index is 1.51. The Kier molecular flexibility index (Phi) is 6.97. The summed E-state index contributed by atoms with van der Waals surface area (Å²) in [5, 5.41) is 2.87. The summed E-state index contributed by atoms with van der Waals surface area (Å²) >= 11 is 0. The van der Waals surface area contributed by atoms with Crippen LogP contribution in [0.4, 0.5) is 8.78 Å². The van der Waals surface area contributed by atoms with Crippen LogP contribution in [0.15, 0.2) is 53.4 Å². The molecular formula is C21H24F2N2O3S. The molecule has 2 aromatic carbocycles. The fourth-order valence-electron chi connectivity index (χ4n) is 3.43. The van der Waals surface area contributed by atoms with E-state index in [0.29, 0.717) is 32.4 Å². The van der Waals surface area contributed by atoms with E-state index in [2.05, 4.69) is 5.32 Å². The zero-order valence-corrected chi connectivity index (χ0v) is 16.8. The van der Waals surface area contributed by atoms with Crippen molar-refractivity contribution in [1.29, 1.82) is 0 Å². The van der Waals surface area contributed by atoms with Gasteiger partial charge in [-0.3, -0.25) is 4.79 Å². The lowest BCUT2D eigenvalue weighted by molar-refractivity contribution is -0.126. The smallest absolute Gasteiger partial charge is 0.243 e. The summed E-state index contributed by atoms with van der Waals surface area (Å²) in [5.74, 6) is -1.35. The second-order valence-corrected chi connectivity index (χ2v) is 9.12. The van der Waals surface area contributed by atoms with E-state index in [1.807, 2.05) is 0 Å². The molecule has 0 radical (unpaired) electrons. The van der Waals surface area contributed by atoms with Gasteiger partial charge < -0.3 is 5.32 Å². The van der Waals surface area contributed by atoms with E-state index < -0.39 is 21.8 Å². The summed E-state index contributed by atoms with van der Waals surface area (Å²) < 4.78 is 52.8. The number of nitrogens with one attached hydrogen (secondary N) is 1. The van der Waals surface area contributed by atoms with Crippen molar-refractivity contribution in [3.05, 3.63) is 65.7 Å². The molecule has 1 aliphatic rings. The average Bonchev–Trinajstić information content (AvgIpc) is 2.73. The van der Waals surface area contributed by atoms with Crippen LogP contribution >= 0.6 is 0 Å². The van der Waals surface area contributed by atoms with E-state index in [1.54, 1.807) is 12.1 Å². The van der Waals surface area contributed by atoms with Gasteiger partial charge in [-0.05, 0) is 67.6 Å². The van der Waals surface area contributed by atoms with Crippen molar-refractivity contribution < 1.29 is 22.0 Å². The number of amides is 1. The number of nitrogens with zero attached hydrogens (tertiary/aromatic N) is 1. The number of piperidine rings is 1. The Morgan fingerprint density at radius 1 is 1.03 bits per heavy atom. The quantitative estimate of drug-likeness (QED) is 0.698. The molecule has 0 spiro atoms. The number of benzene rings is 2. The van der Waals surface area contributed by atoms with Crippen LogP contribution in [0.25, 0.3) is 0 Å². The summed E-state index contributed by atoms with van der Waals surface area (Å²) in [5.41, 5.74) is 0.995. The maximum absolute atomic E-state index is 13.1. The molecule has 1 heterocycles. The predicted molar refractivity (Wildman–Crippen MR) is 106 cm³/mol. The van der Waals surface area contributed by atoms with Crippen molar-refractivity contribution in [3.63, 3.8) is 0 Å². The largest absolute Gasteiger partial charge is 0.356 e. The summed E-state index contributed by atoms with van der Waals surface area (Å²) in [7, 11) is -3.75. The standard InChI is InChI=1S/C21H24F2N2O3S/c22-18-7-5-16(6-8-18)3-1-13-24-21(26)17-4-2-14-25(15-17)29(27,28)20-11-9-19(23)10-12-20/h5-12,17H,1-4,13-15H2,(H,24,26)/t17-/m0/s1. The normalized spacial score (nSPS) is 17.8. The maximum Gasteiger partial charge on any atom is 0.243 e. The number of aryl methyl sites for hydroxylation is 1. The van der Waals surface area contributed by atoms with Crippen LogP contribution in [-0.4, -0.2) is 38.3 Å². The number of sulfonamides is 1. The van der Waals surface area contributed by atoms with Gasteiger partial charge in [-0.1, -0.05) is 12.1 Å². The second kappa shape index (κ2) is 9.45. The molecule has 1 N–H and O–H groups in total. The van der Waals surface area contributed by atoms with E-state index in [4.69, 9.17) is 0 Å².